The van der Waals surface area contributed by atoms with Crippen molar-refractivity contribution in [3.05, 3.63) is 59.2 Å². The Labute approximate surface area is 113 Å². The van der Waals surface area contributed by atoms with Crippen molar-refractivity contribution >= 4 is 6.21 Å². The van der Waals surface area contributed by atoms with Crippen molar-refractivity contribution in [3.63, 3.8) is 0 Å². The Morgan fingerprint density at radius 2 is 1.95 bits per heavy atom. The van der Waals surface area contributed by atoms with Crippen molar-refractivity contribution in [1.82, 2.24) is 0 Å². The zero-order chi connectivity index (χ0) is 13.7. The molecule has 0 radical (unpaired) electrons. The summed E-state index contributed by atoms with van der Waals surface area (Å²) in [5, 5.41) is 9.93. The van der Waals surface area contributed by atoms with Crippen LogP contribution in [0.3, 0.4) is 0 Å². The minimum Gasteiger partial charge on any atom is -0.507 e. The fourth-order valence-corrected chi connectivity index (χ4v) is 1.86. The first kappa shape index (κ1) is 13.1. The molecular weight excluding hydrogens is 238 g/mol. The summed E-state index contributed by atoms with van der Waals surface area (Å²) in [6, 6.07) is 13.5. The van der Waals surface area contributed by atoms with E-state index >= 15 is 0 Å². The lowest BCUT2D eigenvalue weighted by atomic mass is 10.1. The summed E-state index contributed by atoms with van der Waals surface area (Å²) in [4.78, 5) is 4.36. The van der Waals surface area contributed by atoms with Gasteiger partial charge in [0.05, 0.1) is 13.7 Å². The second-order valence-electron chi connectivity index (χ2n) is 4.33. The third-order valence-corrected chi connectivity index (χ3v) is 2.91. The molecule has 0 aliphatic rings. The number of aromatic hydroxyl groups is 1. The number of aliphatic imine (C=N–C) groups is 1. The molecule has 0 bridgehead atoms. The van der Waals surface area contributed by atoms with Gasteiger partial charge in [-0.05, 0) is 24.1 Å². The molecule has 0 saturated carbocycles. The zero-order valence-electron chi connectivity index (χ0n) is 11.1. The average Bonchev–Trinajstić information content (AvgIpc) is 2.42. The average molecular weight is 255 g/mol. The Hall–Kier alpha value is -2.29. The van der Waals surface area contributed by atoms with Gasteiger partial charge in [0.15, 0.2) is 0 Å². The summed E-state index contributed by atoms with van der Waals surface area (Å²) in [6.45, 7) is 2.53. The van der Waals surface area contributed by atoms with Crippen LogP contribution in [0.2, 0.25) is 0 Å². The van der Waals surface area contributed by atoms with Crippen molar-refractivity contribution in [2.24, 2.45) is 4.99 Å². The maximum absolute atomic E-state index is 9.93. The van der Waals surface area contributed by atoms with Gasteiger partial charge in [-0.2, -0.15) is 0 Å². The molecular formula is C16H17NO2. The van der Waals surface area contributed by atoms with Crippen LogP contribution in [0.5, 0.6) is 11.5 Å². The molecule has 2 aromatic carbocycles. The first-order valence-corrected chi connectivity index (χ1v) is 6.12. The van der Waals surface area contributed by atoms with E-state index in [9.17, 15) is 5.11 Å². The van der Waals surface area contributed by atoms with Crippen LogP contribution in [0.15, 0.2) is 47.5 Å². The van der Waals surface area contributed by atoms with Gasteiger partial charge >= 0.3 is 0 Å². The molecule has 0 saturated heterocycles. The van der Waals surface area contributed by atoms with Gasteiger partial charge in [-0.15, -0.1) is 0 Å². The number of phenols is 1. The number of ether oxygens (including phenoxy) is 1. The molecule has 2 aromatic rings. The molecule has 2 rings (SSSR count). The van der Waals surface area contributed by atoms with Gasteiger partial charge in [0, 0.05) is 17.8 Å². The van der Waals surface area contributed by atoms with Crippen LogP contribution >= 0.6 is 0 Å². The van der Waals surface area contributed by atoms with E-state index in [4.69, 9.17) is 4.74 Å². The minimum absolute atomic E-state index is 0.189. The van der Waals surface area contributed by atoms with Crippen LogP contribution < -0.4 is 4.74 Å². The largest absolute Gasteiger partial charge is 0.507 e. The molecule has 0 unspecified atom stereocenters. The second-order valence-corrected chi connectivity index (χ2v) is 4.33. The highest BCUT2D eigenvalue weighted by molar-refractivity contribution is 5.85. The summed E-state index contributed by atoms with van der Waals surface area (Å²) in [7, 11) is 1.58. The molecule has 0 atom stereocenters. The number of nitrogens with zero attached hydrogens (tertiary/aromatic N) is 1. The van der Waals surface area contributed by atoms with Crippen LogP contribution in [0, 0.1) is 6.92 Å². The Kier molecular flexibility index (Phi) is 4.18. The third kappa shape index (κ3) is 3.35. The number of rotatable bonds is 4. The van der Waals surface area contributed by atoms with Crippen molar-refractivity contribution in [1.29, 1.82) is 0 Å². The Morgan fingerprint density at radius 3 is 2.58 bits per heavy atom. The fourth-order valence-electron chi connectivity index (χ4n) is 1.86. The highest BCUT2D eigenvalue weighted by atomic mass is 16.5. The predicted octanol–water partition coefficient (Wildman–Crippen LogP) is 3.33. The molecule has 19 heavy (non-hydrogen) atoms. The topological polar surface area (TPSA) is 41.8 Å². The fraction of sp³-hybridized carbons (Fsp3) is 0.188. The second kappa shape index (κ2) is 6.05. The minimum atomic E-state index is 0.189. The summed E-state index contributed by atoms with van der Waals surface area (Å²) in [5.74, 6) is 0.837. The molecule has 0 aliphatic heterocycles. The SMILES string of the molecule is COc1cc(C)c(C=NCc2ccccc2)c(O)c1. The summed E-state index contributed by atoms with van der Waals surface area (Å²) in [6.07, 6.45) is 1.71. The van der Waals surface area contributed by atoms with Gasteiger partial charge in [-0.25, -0.2) is 0 Å². The van der Waals surface area contributed by atoms with E-state index in [-0.39, 0.29) is 5.75 Å². The van der Waals surface area contributed by atoms with Crippen LogP contribution in [0.25, 0.3) is 0 Å². The number of methoxy groups -OCH3 is 1. The molecule has 0 heterocycles. The van der Waals surface area contributed by atoms with Crippen LogP contribution in [0.1, 0.15) is 16.7 Å². The number of aryl methyl sites for hydroxylation is 1. The van der Waals surface area contributed by atoms with Crippen LogP contribution in [0.4, 0.5) is 0 Å². The molecule has 0 aliphatic carbocycles. The molecule has 0 spiro atoms. The number of phenolic OH excluding ortho intramolecular Hbond substituents is 1. The van der Waals surface area contributed by atoms with Gasteiger partial charge in [0.1, 0.15) is 11.5 Å². The molecule has 98 valence electrons. The maximum atomic E-state index is 9.93. The Balaban J connectivity index is 2.15. The quantitative estimate of drug-likeness (QED) is 0.851. The Morgan fingerprint density at radius 1 is 1.21 bits per heavy atom. The van der Waals surface area contributed by atoms with E-state index in [1.54, 1.807) is 19.4 Å². The van der Waals surface area contributed by atoms with E-state index in [0.717, 1.165) is 16.7 Å². The van der Waals surface area contributed by atoms with Gasteiger partial charge in [-0.1, -0.05) is 30.3 Å². The lowest BCUT2D eigenvalue weighted by Gasteiger charge is -2.07. The highest BCUT2D eigenvalue weighted by Gasteiger charge is 2.05. The lowest BCUT2D eigenvalue weighted by Crippen LogP contribution is -1.92. The molecule has 3 heteroatoms. The van der Waals surface area contributed by atoms with Crippen LogP contribution in [-0.2, 0) is 6.54 Å². The number of hydrogen-bond acceptors (Lipinski definition) is 3. The maximum Gasteiger partial charge on any atom is 0.128 e. The van der Waals surface area contributed by atoms with E-state index in [1.165, 1.54) is 0 Å². The molecule has 0 aromatic heterocycles. The number of benzene rings is 2. The summed E-state index contributed by atoms with van der Waals surface area (Å²) in [5.41, 5.74) is 2.81. The normalized spacial score (nSPS) is 10.8. The van der Waals surface area contributed by atoms with Crippen molar-refractivity contribution in [3.8, 4) is 11.5 Å². The van der Waals surface area contributed by atoms with Crippen molar-refractivity contribution < 1.29 is 9.84 Å². The predicted molar refractivity (Wildman–Crippen MR) is 77.1 cm³/mol. The van der Waals surface area contributed by atoms with Crippen molar-refractivity contribution in [2.45, 2.75) is 13.5 Å². The lowest BCUT2D eigenvalue weighted by molar-refractivity contribution is 0.407. The highest BCUT2D eigenvalue weighted by Crippen LogP contribution is 2.26. The van der Waals surface area contributed by atoms with Gasteiger partial charge in [0.25, 0.3) is 0 Å². The molecule has 1 N–H and O–H groups in total. The van der Waals surface area contributed by atoms with Gasteiger partial charge < -0.3 is 9.84 Å². The molecule has 0 amide bonds. The van der Waals surface area contributed by atoms with E-state index in [2.05, 4.69) is 4.99 Å². The first-order valence-electron chi connectivity index (χ1n) is 6.12. The zero-order valence-corrected chi connectivity index (χ0v) is 11.1. The third-order valence-electron chi connectivity index (χ3n) is 2.91. The smallest absolute Gasteiger partial charge is 0.128 e. The van der Waals surface area contributed by atoms with Gasteiger partial charge in [-0.3, -0.25) is 4.99 Å². The Bertz CT molecular complexity index is 554. The summed E-state index contributed by atoms with van der Waals surface area (Å²) < 4.78 is 5.10. The summed E-state index contributed by atoms with van der Waals surface area (Å²) >= 11 is 0. The monoisotopic (exact) mass is 255 g/mol. The van der Waals surface area contributed by atoms with Gasteiger partial charge in [0.2, 0.25) is 0 Å². The standard InChI is InChI=1S/C16H17NO2/c1-12-8-14(19-2)9-16(18)15(12)11-17-10-13-6-4-3-5-7-13/h3-9,11,18H,10H2,1-2H3. The molecule has 3 nitrogen and oxygen atoms in total. The van der Waals surface area contributed by atoms with Crippen molar-refractivity contribution in [2.75, 3.05) is 7.11 Å². The first-order chi connectivity index (χ1) is 9.20. The van der Waals surface area contributed by atoms with Crippen LogP contribution in [-0.4, -0.2) is 18.4 Å². The van der Waals surface area contributed by atoms with E-state index in [1.807, 2.05) is 43.3 Å². The number of hydrogen-bond donors (Lipinski definition) is 1. The molecule has 0 fully saturated rings. The van der Waals surface area contributed by atoms with E-state index < -0.39 is 0 Å². The van der Waals surface area contributed by atoms with E-state index in [0.29, 0.717) is 12.3 Å².